The Labute approximate surface area is 330 Å². The standard InChI is InChI=1S/C42H73O12P/c1-3-5-7-9-11-13-15-17-19-21-23-25-27-29-31-36(43)53-35(33-51-32-30-28-26-24-22-20-18-16-14-12-10-8-6-4-2)34-52-55(49,50)54-42-40(47)38(45)37(44)39(46)41(42)48/h6,8,12,14-15,17-18,20,24,26,35,37-42,44-48H,3-5,7,9-11,13,16,19,21-23,25,27-34H2,1-2H3,(H,49,50)/b8-6-,14-12-,17-15-,20-18-,26-24-. The summed E-state index contributed by atoms with van der Waals surface area (Å²) in [5, 5.41) is 50.0. The molecule has 0 amide bonds. The summed E-state index contributed by atoms with van der Waals surface area (Å²) in [6.07, 6.45) is 27.4. The van der Waals surface area contributed by atoms with Gasteiger partial charge in [-0.1, -0.05) is 120 Å². The highest BCUT2D eigenvalue weighted by atomic mass is 31.2. The van der Waals surface area contributed by atoms with Crippen LogP contribution in [0.3, 0.4) is 0 Å². The molecule has 0 saturated heterocycles. The molecule has 1 fully saturated rings. The highest BCUT2D eigenvalue weighted by molar-refractivity contribution is 7.47. The van der Waals surface area contributed by atoms with E-state index in [1.165, 1.54) is 32.1 Å². The zero-order valence-corrected chi connectivity index (χ0v) is 34.3. The molecule has 12 nitrogen and oxygen atoms in total. The molecule has 0 aromatic rings. The summed E-state index contributed by atoms with van der Waals surface area (Å²) in [5.74, 6) is -0.508. The van der Waals surface area contributed by atoms with Crippen LogP contribution in [0.5, 0.6) is 0 Å². The van der Waals surface area contributed by atoms with E-state index in [4.69, 9.17) is 18.5 Å². The van der Waals surface area contributed by atoms with Crippen LogP contribution in [-0.2, 0) is 27.9 Å². The van der Waals surface area contributed by atoms with Crippen molar-refractivity contribution in [2.75, 3.05) is 19.8 Å². The smallest absolute Gasteiger partial charge is 0.457 e. The quantitative estimate of drug-likeness (QED) is 0.0166. The van der Waals surface area contributed by atoms with Gasteiger partial charge in [-0.2, -0.15) is 0 Å². The average molecular weight is 801 g/mol. The second-order valence-corrected chi connectivity index (χ2v) is 15.5. The van der Waals surface area contributed by atoms with Gasteiger partial charge in [0.1, 0.15) is 42.7 Å². The SMILES string of the molecule is CC/C=C\C/C=C\C/C=C\C/C=C\CCCOCC(COP(=O)(O)OC1C(O)C(O)C(O)C(O)C1O)OC(=O)CCCCCCC/C=C\CCCCCCC. The zero-order valence-electron chi connectivity index (χ0n) is 33.5. The second-order valence-electron chi connectivity index (χ2n) is 14.1. The molecule has 13 heteroatoms. The lowest BCUT2D eigenvalue weighted by molar-refractivity contribution is -0.220. The van der Waals surface area contributed by atoms with Gasteiger partial charge in [-0.15, -0.1) is 0 Å². The Bertz CT molecular complexity index is 1140. The van der Waals surface area contributed by atoms with E-state index in [0.29, 0.717) is 19.4 Å². The predicted molar refractivity (Wildman–Crippen MR) is 216 cm³/mol. The molecule has 6 unspecified atom stereocenters. The Morgan fingerprint density at radius 3 is 1.65 bits per heavy atom. The summed E-state index contributed by atoms with van der Waals surface area (Å²) >= 11 is 0. The molecule has 1 aliphatic rings. The van der Waals surface area contributed by atoms with Gasteiger partial charge in [0.05, 0.1) is 13.2 Å². The number of phosphoric ester groups is 1. The lowest BCUT2D eigenvalue weighted by Crippen LogP contribution is -2.64. The Morgan fingerprint density at radius 1 is 0.600 bits per heavy atom. The number of unbranched alkanes of at least 4 members (excludes halogenated alkanes) is 11. The second kappa shape index (κ2) is 33.1. The number of hydrogen-bond donors (Lipinski definition) is 6. The van der Waals surface area contributed by atoms with Gasteiger partial charge < -0.3 is 39.9 Å². The molecule has 0 radical (unpaired) electrons. The fraction of sp³-hybridized carbons (Fsp3) is 0.738. The summed E-state index contributed by atoms with van der Waals surface area (Å²) in [5.41, 5.74) is 0. The molecule has 1 aliphatic carbocycles. The van der Waals surface area contributed by atoms with Gasteiger partial charge in [-0.25, -0.2) is 4.57 Å². The summed E-state index contributed by atoms with van der Waals surface area (Å²) in [6, 6.07) is 0. The maximum atomic E-state index is 12.8. The number of ether oxygens (including phenoxy) is 2. The van der Waals surface area contributed by atoms with E-state index in [0.717, 1.165) is 70.6 Å². The number of carbonyl (C=O) groups excluding carboxylic acids is 1. The number of rotatable bonds is 33. The number of phosphoric acid groups is 1. The molecule has 6 N–H and O–H groups in total. The van der Waals surface area contributed by atoms with Gasteiger partial charge in [-0.05, 0) is 70.6 Å². The van der Waals surface area contributed by atoms with E-state index < -0.39 is 63.1 Å². The van der Waals surface area contributed by atoms with Crippen LogP contribution < -0.4 is 0 Å². The number of carbonyl (C=O) groups is 1. The molecule has 1 rings (SSSR count). The van der Waals surface area contributed by atoms with Crippen LogP contribution in [-0.4, -0.2) is 98.9 Å². The first-order chi connectivity index (χ1) is 26.5. The van der Waals surface area contributed by atoms with Crippen molar-refractivity contribution in [3.8, 4) is 0 Å². The Balaban J connectivity index is 2.51. The molecule has 0 bridgehead atoms. The fourth-order valence-electron chi connectivity index (χ4n) is 5.82. The van der Waals surface area contributed by atoms with Crippen LogP contribution in [0, 0.1) is 0 Å². The normalized spacial score (nSPS) is 23.9. The number of allylic oxidation sites excluding steroid dienone is 10. The van der Waals surface area contributed by atoms with Crippen LogP contribution in [0.2, 0.25) is 0 Å². The molecule has 0 heterocycles. The number of hydrogen-bond acceptors (Lipinski definition) is 11. The highest BCUT2D eigenvalue weighted by Gasteiger charge is 2.51. The topological polar surface area (TPSA) is 192 Å². The largest absolute Gasteiger partial charge is 0.472 e. The first kappa shape index (κ1) is 51.1. The van der Waals surface area contributed by atoms with Gasteiger partial charge in [0.2, 0.25) is 0 Å². The van der Waals surface area contributed by atoms with Gasteiger partial charge in [0.15, 0.2) is 0 Å². The summed E-state index contributed by atoms with van der Waals surface area (Å²) in [7, 11) is -5.03. The van der Waals surface area contributed by atoms with Crippen molar-refractivity contribution in [3.63, 3.8) is 0 Å². The Kier molecular flexibility index (Phi) is 30.7. The molecular formula is C42H73O12P. The van der Waals surface area contributed by atoms with E-state index in [1.54, 1.807) is 0 Å². The highest BCUT2D eigenvalue weighted by Crippen LogP contribution is 2.47. The van der Waals surface area contributed by atoms with Crippen molar-refractivity contribution in [1.29, 1.82) is 0 Å². The van der Waals surface area contributed by atoms with Crippen molar-refractivity contribution in [1.82, 2.24) is 0 Å². The van der Waals surface area contributed by atoms with Crippen LogP contribution in [0.15, 0.2) is 60.8 Å². The summed E-state index contributed by atoms with van der Waals surface area (Å²) in [6.45, 7) is 3.95. The van der Waals surface area contributed by atoms with Crippen LogP contribution in [0.25, 0.3) is 0 Å². The molecule has 318 valence electrons. The minimum Gasteiger partial charge on any atom is -0.457 e. The third kappa shape index (κ3) is 25.8. The molecule has 1 saturated carbocycles. The number of aliphatic hydroxyl groups excluding tert-OH is 5. The minimum atomic E-state index is -5.03. The van der Waals surface area contributed by atoms with E-state index >= 15 is 0 Å². The van der Waals surface area contributed by atoms with E-state index in [1.807, 2.05) is 0 Å². The summed E-state index contributed by atoms with van der Waals surface area (Å²) in [4.78, 5) is 23.0. The van der Waals surface area contributed by atoms with Gasteiger partial charge in [0, 0.05) is 13.0 Å². The average Bonchev–Trinajstić information content (AvgIpc) is 3.17. The third-order valence-corrected chi connectivity index (χ3v) is 10.1. The number of esters is 1. The Morgan fingerprint density at radius 2 is 1.07 bits per heavy atom. The molecule has 0 spiro atoms. The number of aliphatic hydroxyl groups is 5. The van der Waals surface area contributed by atoms with Crippen molar-refractivity contribution in [2.45, 2.75) is 179 Å². The maximum Gasteiger partial charge on any atom is 0.472 e. The van der Waals surface area contributed by atoms with Crippen molar-refractivity contribution >= 4 is 13.8 Å². The molecule has 0 aliphatic heterocycles. The van der Waals surface area contributed by atoms with Gasteiger partial charge in [0.25, 0.3) is 0 Å². The molecular weight excluding hydrogens is 727 g/mol. The van der Waals surface area contributed by atoms with Crippen LogP contribution >= 0.6 is 7.82 Å². The first-order valence-corrected chi connectivity index (χ1v) is 22.1. The van der Waals surface area contributed by atoms with Gasteiger partial charge >= 0.3 is 13.8 Å². The molecule has 0 aromatic carbocycles. The predicted octanol–water partition coefficient (Wildman–Crippen LogP) is 7.47. The maximum absolute atomic E-state index is 12.8. The molecule has 55 heavy (non-hydrogen) atoms. The van der Waals surface area contributed by atoms with Crippen LogP contribution in [0.1, 0.15) is 136 Å². The van der Waals surface area contributed by atoms with Crippen LogP contribution in [0.4, 0.5) is 0 Å². The van der Waals surface area contributed by atoms with E-state index in [2.05, 4.69) is 74.6 Å². The van der Waals surface area contributed by atoms with E-state index in [-0.39, 0.29) is 13.0 Å². The van der Waals surface area contributed by atoms with E-state index in [9.17, 15) is 39.8 Å². The van der Waals surface area contributed by atoms with Crippen molar-refractivity contribution < 1.29 is 58.3 Å². The zero-order chi connectivity index (χ0) is 40.6. The lowest BCUT2D eigenvalue weighted by Gasteiger charge is -2.41. The summed E-state index contributed by atoms with van der Waals surface area (Å²) < 4.78 is 34.0. The monoisotopic (exact) mass is 800 g/mol. The third-order valence-electron chi connectivity index (χ3n) is 9.12. The molecule has 6 atom stereocenters. The van der Waals surface area contributed by atoms with Gasteiger partial charge in [-0.3, -0.25) is 13.8 Å². The minimum absolute atomic E-state index is 0.121. The van der Waals surface area contributed by atoms with Crippen molar-refractivity contribution in [2.24, 2.45) is 0 Å². The lowest BCUT2D eigenvalue weighted by atomic mass is 9.85. The first-order valence-electron chi connectivity index (χ1n) is 20.6. The Hall–Kier alpha value is -1.96. The fourth-order valence-corrected chi connectivity index (χ4v) is 6.80. The van der Waals surface area contributed by atoms with Crippen molar-refractivity contribution in [3.05, 3.63) is 60.8 Å². The molecule has 0 aromatic heterocycles.